The maximum Gasteiger partial charge on any atom is 0.241 e. The minimum absolute atomic E-state index is 0.0726. The van der Waals surface area contributed by atoms with Crippen molar-refractivity contribution in [1.82, 2.24) is 4.90 Å². The number of rotatable bonds is 3. The van der Waals surface area contributed by atoms with E-state index in [4.69, 9.17) is 5.73 Å². The van der Waals surface area contributed by atoms with E-state index >= 15 is 0 Å². The summed E-state index contributed by atoms with van der Waals surface area (Å²) >= 11 is 0. The van der Waals surface area contributed by atoms with E-state index < -0.39 is 0 Å². The fraction of sp³-hybridized carbons (Fsp3) is 0.588. The molecule has 1 aliphatic rings. The topological polar surface area (TPSA) is 58.4 Å². The summed E-state index contributed by atoms with van der Waals surface area (Å²) in [6.07, 6.45) is 6.28. The molecule has 3 N–H and O–H groups in total. The second-order valence-electron chi connectivity index (χ2n) is 6.04. The smallest absolute Gasteiger partial charge is 0.241 e. The van der Waals surface area contributed by atoms with E-state index in [2.05, 4.69) is 10.2 Å². The highest BCUT2D eigenvalue weighted by Gasteiger charge is 2.21. The molecular formula is C17H27N3O. The summed E-state index contributed by atoms with van der Waals surface area (Å²) in [4.78, 5) is 14.8. The molecule has 1 aliphatic heterocycles. The van der Waals surface area contributed by atoms with Crippen LogP contribution in [-0.4, -0.2) is 29.9 Å². The highest BCUT2D eigenvalue weighted by atomic mass is 16.2. The summed E-state index contributed by atoms with van der Waals surface area (Å²) < 4.78 is 0. The van der Waals surface area contributed by atoms with Crippen LogP contribution in [0.3, 0.4) is 0 Å². The van der Waals surface area contributed by atoms with Crippen LogP contribution in [0.5, 0.6) is 0 Å². The number of aryl methyl sites for hydroxylation is 1. The summed E-state index contributed by atoms with van der Waals surface area (Å²) in [5.74, 6) is 0.0726. The predicted molar refractivity (Wildman–Crippen MR) is 88.3 cm³/mol. The van der Waals surface area contributed by atoms with Crippen molar-refractivity contribution < 1.29 is 4.79 Å². The van der Waals surface area contributed by atoms with E-state index in [0.29, 0.717) is 0 Å². The number of nitrogen functional groups attached to an aromatic ring is 1. The first-order valence-corrected chi connectivity index (χ1v) is 7.99. The van der Waals surface area contributed by atoms with Crippen LogP contribution in [0.2, 0.25) is 0 Å². The number of amides is 1. The van der Waals surface area contributed by atoms with Crippen molar-refractivity contribution in [2.24, 2.45) is 0 Å². The molecule has 2 rings (SSSR count). The number of likely N-dealkylation sites (tertiary alicyclic amines) is 1. The molecule has 0 saturated carbocycles. The summed E-state index contributed by atoms with van der Waals surface area (Å²) in [6.45, 7) is 6.01. The Balaban J connectivity index is 1.97. The van der Waals surface area contributed by atoms with Crippen LogP contribution in [0.4, 0.5) is 11.4 Å². The van der Waals surface area contributed by atoms with Gasteiger partial charge in [-0.25, -0.2) is 0 Å². The van der Waals surface area contributed by atoms with Crippen LogP contribution in [-0.2, 0) is 4.79 Å². The Hall–Kier alpha value is -1.55. The Morgan fingerprint density at radius 3 is 2.43 bits per heavy atom. The molecule has 1 saturated heterocycles. The Kier molecular flexibility index (Phi) is 5.62. The zero-order valence-corrected chi connectivity index (χ0v) is 13.2. The third-order valence-corrected chi connectivity index (χ3v) is 4.33. The molecule has 1 amide bonds. The number of carbonyl (C=O) groups excluding carboxylic acids is 1. The van der Waals surface area contributed by atoms with Crippen molar-refractivity contribution in [3.63, 3.8) is 0 Å². The zero-order chi connectivity index (χ0) is 15.2. The van der Waals surface area contributed by atoms with Crippen molar-refractivity contribution in [3.8, 4) is 0 Å². The minimum Gasteiger partial charge on any atom is -0.399 e. The van der Waals surface area contributed by atoms with E-state index in [0.717, 1.165) is 30.0 Å². The number of hydrogen-bond acceptors (Lipinski definition) is 3. The van der Waals surface area contributed by atoms with Crippen LogP contribution >= 0.6 is 0 Å². The summed E-state index contributed by atoms with van der Waals surface area (Å²) in [5.41, 5.74) is 8.33. The van der Waals surface area contributed by atoms with Crippen LogP contribution in [0.15, 0.2) is 18.2 Å². The largest absolute Gasteiger partial charge is 0.399 e. The standard InChI is InChI=1S/C17H27N3O/c1-13-12-15(18)8-9-16(13)19-17(21)14(2)20-10-6-4-3-5-7-11-20/h8-9,12,14H,3-7,10-11,18H2,1-2H3,(H,19,21). The molecule has 0 aliphatic carbocycles. The Labute approximate surface area is 127 Å². The van der Waals surface area contributed by atoms with Crippen molar-refractivity contribution in [2.45, 2.75) is 52.0 Å². The third-order valence-electron chi connectivity index (χ3n) is 4.33. The predicted octanol–water partition coefficient (Wildman–Crippen LogP) is 3.17. The van der Waals surface area contributed by atoms with E-state index in [1.165, 1.54) is 32.1 Å². The first-order chi connectivity index (χ1) is 10.1. The molecule has 0 bridgehead atoms. The molecule has 1 atom stereocenters. The van der Waals surface area contributed by atoms with Gasteiger partial charge in [0.2, 0.25) is 5.91 Å². The lowest BCUT2D eigenvalue weighted by atomic mass is 10.1. The molecule has 0 spiro atoms. The number of hydrogen-bond donors (Lipinski definition) is 2. The van der Waals surface area contributed by atoms with Crippen molar-refractivity contribution in [1.29, 1.82) is 0 Å². The number of benzene rings is 1. The number of carbonyl (C=O) groups is 1. The lowest BCUT2D eigenvalue weighted by Gasteiger charge is -2.29. The molecule has 1 unspecified atom stereocenters. The maximum atomic E-state index is 12.5. The first-order valence-electron chi connectivity index (χ1n) is 7.99. The molecule has 1 aromatic rings. The van der Waals surface area contributed by atoms with Gasteiger partial charge in [-0.1, -0.05) is 19.3 Å². The van der Waals surface area contributed by atoms with E-state index in [1.54, 1.807) is 0 Å². The monoisotopic (exact) mass is 289 g/mol. The number of nitrogens with zero attached hydrogens (tertiary/aromatic N) is 1. The van der Waals surface area contributed by atoms with Gasteiger partial charge in [-0.2, -0.15) is 0 Å². The van der Waals surface area contributed by atoms with E-state index in [1.807, 2.05) is 32.0 Å². The number of nitrogens with one attached hydrogen (secondary N) is 1. The Morgan fingerprint density at radius 1 is 1.19 bits per heavy atom. The average Bonchev–Trinajstić information content (AvgIpc) is 2.41. The minimum atomic E-state index is -0.0833. The number of nitrogens with two attached hydrogens (primary N) is 1. The van der Waals surface area contributed by atoms with Gasteiger partial charge in [0.1, 0.15) is 0 Å². The van der Waals surface area contributed by atoms with Crippen LogP contribution in [0, 0.1) is 6.92 Å². The molecule has 1 aromatic carbocycles. The van der Waals surface area contributed by atoms with E-state index in [9.17, 15) is 4.79 Å². The average molecular weight is 289 g/mol. The highest BCUT2D eigenvalue weighted by Crippen LogP contribution is 2.19. The van der Waals surface area contributed by atoms with Crippen molar-refractivity contribution >= 4 is 17.3 Å². The SMILES string of the molecule is Cc1cc(N)ccc1NC(=O)C(C)N1CCCCCCC1. The van der Waals surface area contributed by atoms with Crippen molar-refractivity contribution in [2.75, 3.05) is 24.1 Å². The molecule has 0 radical (unpaired) electrons. The number of anilines is 2. The maximum absolute atomic E-state index is 12.5. The molecule has 116 valence electrons. The van der Waals surface area contributed by atoms with Gasteiger partial charge in [0.25, 0.3) is 0 Å². The highest BCUT2D eigenvalue weighted by molar-refractivity contribution is 5.95. The Bertz CT molecular complexity index is 479. The lowest BCUT2D eigenvalue weighted by molar-refractivity contribution is -0.120. The lowest BCUT2D eigenvalue weighted by Crippen LogP contribution is -2.43. The van der Waals surface area contributed by atoms with Gasteiger partial charge in [-0.3, -0.25) is 9.69 Å². The van der Waals surface area contributed by atoms with Crippen molar-refractivity contribution in [3.05, 3.63) is 23.8 Å². The molecule has 1 fully saturated rings. The fourth-order valence-electron chi connectivity index (χ4n) is 2.89. The molecule has 21 heavy (non-hydrogen) atoms. The van der Waals surface area contributed by atoms with Crippen LogP contribution < -0.4 is 11.1 Å². The van der Waals surface area contributed by atoms with Gasteiger partial charge in [-0.15, -0.1) is 0 Å². The van der Waals surface area contributed by atoms with Gasteiger partial charge >= 0.3 is 0 Å². The molecular weight excluding hydrogens is 262 g/mol. The van der Waals surface area contributed by atoms with Crippen LogP contribution in [0.25, 0.3) is 0 Å². The van der Waals surface area contributed by atoms with Gasteiger partial charge in [-0.05, 0) is 63.5 Å². The summed E-state index contributed by atoms with van der Waals surface area (Å²) in [6, 6.07) is 5.50. The molecule has 1 heterocycles. The zero-order valence-electron chi connectivity index (χ0n) is 13.2. The quantitative estimate of drug-likeness (QED) is 0.840. The van der Waals surface area contributed by atoms with Gasteiger partial charge in [0.05, 0.1) is 6.04 Å². The van der Waals surface area contributed by atoms with Gasteiger partial charge in [0.15, 0.2) is 0 Å². The normalized spacial score (nSPS) is 18.6. The summed E-state index contributed by atoms with van der Waals surface area (Å²) in [7, 11) is 0. The molecule has 4 nitrogen and oxygen atoms in total. The second-order valence-corrected chi connectivity index (χ2v) is 6.04. The van der Waals surface area contributed by atoms with E-state index in [-0.39, 0.29) is 11.9 Å². The summed E-state index contributed by atoms with van der Waals surface area (Å²) in [5, 5.41) is 3.03. The third kappa shape index (κ3) is 4.46. The fourth-order valence-corrected chi connectivity index (χ4v) is 2.89. The second kappa shape index (κ2) is 7.46. The Morgan fingerprint density at radius 2 is 1.81 bits per heavy atom. The first kappa shape index (κ1) is 15.8. The molecule has 4 heteroatoms. The molecule has 0 aromatic heterocycles. The van der Waals surface area contributed by atoms with Gasteiger partial charge in [0, 0.05) is 11.4 Å². The van der Waals surface area contributed by atoms with Crippen LogP contribution in [0.1, 0.15) is 44.6 Å². The van der Waals surface area contributed by atoms with Gasteiger partial charge < -0.3 is 11.1 Å².